The number of nitrogens with zero attached hydrogens (tertiary/aromatic N) is 2. The zero-order valence-corrected chi connectivity index (χ0v) is 21.3. The van der Waals surface area contributed by atoms with Crippen LogP contribution < -0.4 is 10.1 Å². The maximum absolute atomic E-state index is 13.0. The summed E-state index contributed by atoms with van der Waals surface area (Å²) >= 11 is 7.29. The van der Waals surface area contributed by atoms with E-state index >= 15 is 0 Å². The monoisotopic (exact) mass is 519 g/mol. The lowest BCUT2D eigenvalue weighted by Gasteiger charge is -2.31. The molecule has 1 fully saturated rings. The van der Waals surface area contributed by atoms with Gasteiger partial charge in [-0.2, -0.15) is 4.31 Å². The number of aryl methyl sites for hydroxylation is 1. The lowest BCUT2D eigenvalue weighted by atomic mass is 9.99. The van der Waals surface area contributed by atoms with E-state index in [1.165, 1.54) is 27.8 Å². The van der Waals surface area contributed by atoms with E-state index in [1.807, 2.05) is 38.1 Å². The van der Waals surface area contributed by atoms with Gasteiger partial charge in [-0.15, -0.1) is 11.3 Å². The normalized spacial score (nSPS) is 16.9. The van der Waals surface area contributed by atoms with Gasteiger partial charge in [0.15, 0.2) is 5.13 Å². The average molecular weight is 520 g/mol. The molecule has 0 saturated carbocycles. The second kappa shape index (κ2) is 10.4. The Hall–Kier alpha value is -2.46. The predicted octanol–water partition coefficient (Wildman–Crippen LogP) is 5.21. The maximum atomic E-state index is 13.0. The first-order valence-electron chi connectivity index (χ1n) is 11.0. The molecule has 2 heterocycles. The highest BCUT2D eigenvalue weighted by Crippen LogP contribution is 2.32. The molecule has 1 unspecified atom stereocenters. The van der Waals surface area contributed by atoms with Gasteiger partial charge in [0, 0.05) is 28.6 Å². The first kappa shape index (κ1) is 24.7. The van der Waals surface area contributed by atoms with Crippen molar-refractivity contribution in [2.75, 3.05) is 25.0 Å². The molecule has 10 heteroatoms. The molecule has 0 aliphatic carbocycles. The van der Waals surface area contributed by atoms with E-state index in [0.29, 0.717) is 36.1 Å². The minimum Gasteiger partial charge on any atom is -0.494 e. The first-order valence-corrected chi connectivity index (χ1v) is 13.7. The van der Waals surface area contributed by atoms with Crippen LogP contribution in [0.15, 0.2) is 53.4 Å². The Morgan fingerprint density at radius 1 is 1.21 bits per heavy atom. The number of benzene rings is 2. The van der Waals surface area contributed by atoms with E-state index in [1.54, 1.807) is 12.1 Å². The highest BCUT2D eigenvalue weighted by Gasteiger charge is 2.33. The van der Waals surface area contributed by atoms with E-state index in [0.717, 1.165) is 21.9 Å². The number of rotatable bonds is 7. The number of sulfonamides is 1. The van der Waals surface area contributed by atoms with Crippen LogP contribution in [-0.2, 0) is 14.8 Å². The van der Waals surface area contributed by atoms with Crippen LogP contribution in [0.2, 0.25) is 5.02 Å². The van der Waals surface area contributed by atoms with Gasteiger partial charge in [-0.1, -0.05) is 11.6 Å². The highest BCUT2D eigenvalue weighted by atomic mass is 35.5. The molecule has 1 aliphatic rings. The lowest BCUT2D eigenvalue weighted by molar-refractivity contribution is -0.120. The van der Waals surface area contributed by atoms with Crippen molar-refractivity contribution in [3.63, 3.8) is 0 Å². The predicted molar refractivity (Wildman–Crippen MR) is 135 cm³/mol. The lowest BCUT2D eigenvalue weighted by Crippen LogP contribution is -2.43. The summed E-state index contributed by atoms with van der Waals surface area (Å²) in [5, 5.41) is 3.87. The van der Waals surface area contributed by atoms with E-state index < -0.39 is 15.9 Å². The van der Waals surface area contributed by atoms with Gasteiger partial charge >= 0.3 is 0 Å². The van der Waals surface area contributed by atoms with Gasteiger partial charge < -0.3 is 10.1 Å². The summed E-state index contributed by atoms with van der Waals surface area (Å²) in [6.07, 6.45) is 1.23. The largest absolute Gasteiger partial charge is 0.494 e. The van der Waals surface area contributed by atoms with E-state index in [4.69, 9.17) is 16.3 Å². The minimum absolute atomic E-state index is 0.132. The molecular formula is C24H26ClN3O4S2. The molecule has 7 nitrogen and oxygen atoms in total. The number of carbonyl (C=O) groups is 1. The first-order chi connectivity index (χ1) is 16.3. The molecule has 0 bridgehead atoms. The molecule has 4 rings (SSSR count). The number of carbonyl (C=O) groups excluding carboxylic acids is 1. The molecule has 1 atom stereocenters. The molecule has 2 aromatic carbocycles. The Morgan fingerprint density at radius 3 is 2.59 bits per heavy atom. The number of amides is 1. The van der Waals surface area contributed by atoms with Crippen LogP contribution in [0.4, 0.5) is 5.13 Å². The second-order valence-electron chi connectivity index (χ2n) is 8.03. The third-order valence-corrected chi connectivity index (χ3v) is 8.69. The van der Waals surface area contributed by atoms with Crippen molar-refractivity contribution in [2.45, 2.75) is 31.6 Å². The fourth-order valence-electron chi connectivity index (χ4n) is 3.93. The highest BCUT2D eigenvalue weighted by molar-refractivity contribution is 7.89. The molecule has 1 aliphatic heterocycles. The Morgan fingerprint density at radius 2 is 1.91 bits per heavy atom. The smallest absolute Gasteiger partial charge is 0.243 e. The molecule has 3 aromatic rings. The number of thiazole rings is 1. The number of nitrogens with one attached hydrogen (secondary N) is 1. The van der Waals surface area contributed by atoms with Gasteiger partial charge in [-0.25, -0.2) is 13.4 Å². The van der Waals surface area contributed by atoms with E-state index in [-0.39, 0.29) is 17.3 Å². The van der Waals surface area contributed by atoms with Crippen molar-refractivity contribution < 1.29 is 17.9 Å². The molecule has 1 aromatic heterocycles. The Labute approximate surface area is 208 Å². The van der Waals surface area contributed by atoms with Gasteiger partial charge in [0.25, 0.3) is 0 Å². The molecule has 1 saturated heterocycles. The fraction of sp³-hybridized carbons (Fsp3) is 0.333. The Balaban J connectivity index is 1.44. The number of halogens is 1. The van der Waals surface area contributed by atoms with Crippen LogP contribution in [0, 0.1) is 12.8 Å². The Bertz CT molecular complexity index is 1260. The molecule has 0 radical (unpaired) electrons. The van der Waals surface area contributed by atoms with Gasteiger partial charge in [0.05, 0.1) is 23.1 Å². The fourth-order valence-corrected chi connectivity index (χ4v) is 6.42. The second-order valence-corrected chi connectivity index (χ2v) is 11.6. The molecule has 1 amide bonds. The van der Waals surface area contributed by atoms with Crippen molar-refractivity contribution in [2.24, 2.45) is 5.92 Å². The summed E-state index contributed by atoms with van der Waals surface area (Å²) in [6, 6.07) is 13.8. The van der Waals surface area contributed by atoms with Crippen LogP contribution in [0.5, 0.6) is 5.75 Å². The molecule has 0 spiro atoms. The van der Waals surface area contributed by atoms with Crippen LogP contribution in [0.1, 0.15) is 24.6 Å². The number of hydrogen-bond donors (Lipinski definition) is 1. The van der Waals surface area contributed by atoms with Crippen LogP contribution in [0.25, 0.3) is 11.3 Å². The number of aromatic nitrogens is 1. The number of hydrogen-bond acceptors (Lipinski definition) is 6. The third-order valence-electron chi connectivity index (χ3n) is 5.67. The van der Waals surface area contributed by atoms with Crippen molar-refractivity contribution in [1.82, 2.24) is 9.29 Å². The number of piperidine rings is 1. The molecular weight excluding hydrogens is 494 g/mol. The average Bonchev–Trinajstić information content (AvgIpc) is 3.20. The number of ether oxygens (including phenoxy) is 1. The van der Waals surface area contributed by atoms with Crippen molar-refractivity contribution in [3.05, 3.63) is 58.4 Å². The van der Waals surface area contributed by atoms with Gasteiger partial charge in [0.1, 0.15) is 5.75 Å². The van der Waals surface area contributed by atoms with Crippen LogP contribution in [0.3, 0.4) is 0 Å². The summed E-state index contributed by atoms with van der Waals surface area (Å²) < 4.78 is 32.9. The standard InChI is InChI=1S/C24H26ClN3O4S2/c1-3-32-20-10-6-17(7-11-20)22-16(2)33-24(26-22)27-23(29)18-5-4-14-28(15-18)34(30,31)21-12-8-19(25)9-13-21/h6-13,18H,3-5,14-15H2,1-2H3,(H,26,27,29). The van der Waals surface area contributed by atoms with E-state index in [2.05, 4.69) is 10.3 Å². The van der Waals surface area contributed by atoms with Crippen molar-refractivity contribution >= 4 is 44.0 Å². The van der Waals surface area contributed by atoms with Crippen molar-refractivity contribution in [3.8, 4) is 17.0 Å². The SMILES string of the molecule is CCOc1ccc(-c2nc(NC(=O)C3CCCN(S(=O)(=O)c4ccc(Cl)cc4)C3)sc2C)cc1. The summed E-state index contributed by atoms with van der Waals surface area (Å²) in [7, 11) is -3.69. The quantitative estimate of drug-likeness (QED) is 0.463. The van der Waals surface area contributed by atoms with Crippen LogP contribution >= 0.6 is 22.9 Å². The maximum Gasteiger partial charge on any atom is 0.243 e. The van der Waals surface area contributed by atoms with E-state index in [9.17, 15) is 13.2 Å². The summed E-state index contributed by atoms with van der Waals surface area (Å²) in [5.74, 6) is 0.125. The van der Waals surface area contributed by atoms with Crippen LogP contribution in [-0.4, -0.2) is 43.3 Å². The zero-order chi connectivity index (χ0) is 24.3. The zero-order valence-electron chi connectivity index (χ0n) is 19.0. The third kappa shape index (κ3) is 5.43. The number of anilines is 1. The van der Waals surface area contributed by atoms with Gasteiger partial charge in [0.2, 0.25) is 15.9 Å². The molecule has 1 N–H and O–H groups in total. The summed E-state index contributed by atoms with van der Waals surface area (Å²) in [6.45, 7) is 5.01. The summed E-state index contributed by atoms with van der Waals surface area (Å²) in [4.78, 5) is 18.8. The summed E-state index contributed by atoms with van der Waals surface area (Å²) in [5.41, 5.74) is 1.74. The van der Waals surface area contributed by atoms with Crippen molar-refractivity contribution in [1.29, 1.82) is 0 Å². The Kier molecular flexibility index (Phi) is 7.57. The molecule has 34 heavy (non-hydrogen) atoms. The van der Waals surface area contributed by atoms with Gasteiger partial charge in [-0.05, 0) is 75.2 Å². The topological polar surface area (TPSA) is 88.6 Å². The minimum atomic E-state index is -3.69. The molecule has 180 valence electrons. The van der Waals surface area contributed by atoms with Gasteiger partial charge in [-0.3, -0.25) is 4.79 Å².